The van der Waals surface area contributed by atoms with Gasteiger partial charge in [0.15, 0.2) is 5.82 Å². The third kappa shape index (κ3) is 2.35. The number of rotatable bonds is 1. The molecule has 1 aliphatic heterocycles. The van der Waals surface area contributed by atoms with Crippen LogP contribution in [0, 0.1) is 31.0 Å². The molecule has 22 heavy (non-hydrogen) atoms. The molecule has 0 fully saturated rings. The first-order chi connectivity index (χ1) is 10.5. The molecule has 112 valence electrons. The van der Waals surface area contributed by atoms with Crippen LogP contribution < -0.4 is 4.90 Å². The van der Waals surface area contributed by atoms with Gasteiger partial charge in [0, 0.05) is 17.6 Å². The number of hydrogen-bond donors (Lipinski definition) is 0. The SMILES string of the molecule is Cc1nnc(N2CCc3c(F)ccc(Br)c3C2)c(C#N)c1C. The average molecular weight is 361 g/mol. The van der Waals surface area contributed by atoms with Gasteiger partial charge in [0.1, 0.15) is 17.4 Å². The lowest BCUT2D eigenvalue weighted by Gasteiger charge is -2.31. The molecule has 0 saturated carbocycles. The van der Waals surface area contributed by atoms with Gasteiger partial charge in [-0.3, -0.25) is 0 Å². The summed E-state index contributed by atoms with van der Waals surface area (Å²) in [6.07, 6.45) is 0.583. The zero-order chi connectivity index (χ0) is 15.9. The Bertz CT molecular complexity index is 798. The lowest BCUT2D eigenvalue weighted by atomic mass is 9.98. The van der Waals surface area contributed by atoms with Crippen LogP contribution in [0.4, 0.5) is 10.2 Å². The van der Waals surface area contributed by atoms with Crippen molar-refractivity contribution in [2.24, 2.45) is 0 Å². The normalized spacial score (nSPS) is 13.7. The van der Waals surface area contributed by atoms with Gasteiger partial charge in [-0.05, 0) is 49.1 Å². The van der Waals surface area contributed by atoms with Crippen LogP contribution in [0.15, 0.2) is 16.6 Å². The summed E-state index contributed by atoms with van der Waals surface area (Å²) in [6.45, 7) is 4.84. The Morgan fingerprint density at radius 2 is 2.05 bits per heavy atom. The fourth-order valence-electron chi connectivity index (χ4n) is 2.73. The Morgan fingerprint density at radius 3 is 2.77 bits per heavy atom. The monoisotopic (exact) mass is 360 g/mol. The molecule has 1 aliphatic rings. The third-order valence-corrected chi connectivity index (χ3v) is 4.89. The number of anilines is 1. The molecule has 0 bridgehead atoms. The summed E-state index contributed by atoms with van der Waals surface area (Å²) in [6, 6.07) is 5.42. The van der Waals surface area contributed by atoms with Crippen molar-refractivity contribution in [2.45, 2.75) is 26.8 Å². The molecule has 6 heteroatoms. The Balaban J connectivity index is 2.05. The molecule has 0 spiro atoms. The van der Waals surface area contributed by atoms with E-state index in [2.05, 4.69) is 32.2 Å². The van der Waals surface area contributed by atoms with E-state index in [1.807, 2.05) is 18.7 Å². The maximum Gasteiger partial charge on any atom is 0.169 e. The smallest absolute Gasteiger partial charge is 0.169 e. The van der Waals surface area contributed by atoms with Crippen LogP contribution in [0.3, 0.4) is 0 Å². The summed E-state index contributed by atoms with van der Waals surface area (Å²) in [5.41, 5.74) is 3.79. The molecule has 0 radical (unpaired) electrons. The van der Waals surface area contributed by atoms with Crippen LogP contribution in [0.2, 0.25) is 0 Å². The van der Waals surface area contributed by atoms with Gasteiger partial charge in [-0.15, -0.1) is 5.10 Å². The predicted octanol–water partition coefficient (Wildman–Crippen LogP) is 3.43. The summed E-state index contributed by atoms with van der Waals surface area (Å²) in [7, 11) is 0. The van der Waals surface area contributed by atoms with Crippen molar-refractivity contribution in [3.05, 3.63) is 50.4 Å². The van der Waals surface area contributed by atoms with Crippen LogP contribution in [-0.2, 0) is 13.0 Å². The van der Waals surface area contributed by atoms with E-state index in [1.165, 1.54) is 6.07 Å². The summed E-state index contributed by atoms with van der Waals surface area (Å²) >= 11 is 3.48. The minimum absolute atomic E-state index is 0.176. The van der Waals surface area contributed by atoms with E-state index in [0.717, 1.165) is 26.9 Å². The van der Waals surface area contributed by atoms with Gasteiger partial charge < -0.3 is 4.90 Å². The summed E-state index contributed by atoms with van der Waals surface area (Å²) in [5.74, 6) is 0.400. The fourth-order valence-corrected chi connectivity index (χ4v) is 3.22. The minimum Gasteiger partial charge on any atom is -0.349 e. The van der Waals surface area contributed by atoms with Crippen molar-refractivity contribution in [3.63, 3.8) is 0 Å². The van der Waals surface area contributed by atoms with Gasteiger partial charge >= 0.3 is 0 Å². The molecular weight excluding hydrogens is 347 g/mol. The molecule has 0 unspecified atom stereocenters. The van der Waals surface area contributed by atoms with Crippen molar-refractivity contribution < 1.29 is 4.39 Å². The molecule has 4 nitrogen and oxygen atoms in total. The Hall–Kier alpha value is -2.00. The molecule has 0 atom stereocenters. The van der Waals surface area contributed by atoms with Crippen molar-refractivity contribution >= 4 is 21.7 Å². The van der Waals surface area contributed by atoms with Gasteiger partial charge in [-0.1, -0.05) is 15.9 Å². The van der Waals surface area contributed by atoms with Crippen molar-refractivity contribution in [2.75, 3.05) is 11.4 Å². The topological polar surface area (TPSA) is 52.8 Å². The molecule has 1 aromatic carbocycles. The van der Waals surface area contributed by atoms with Crippen molar-refractivity contribution in [1.29, 1.82) is 5.26 Å². The number of aromatic nitrogens is 2. The molecule has 2 aromatic rings. The van der Waals surface area contributed by atoms with E-state index >= 15 is 0 Å². The molecule has 1 aromatic heterocycles. The van der Waals surface area contributed by atoms with E-state index < -0.39 is 0 Å². The first-order valence-corrected chi connectivity index (χ1v) is 7.77. The summed E-state index contributed by atoms with van der Waals surface area (Å²) in [4.78, 5) is 1.99. The number of nitrogens with zero attached hydrogens (tertiary/aromatic N) is 4. The lowest BCUT2D eigenvalue weighted by Crippen LogP contribution is -2.33. The van der Waals surface area contributed by atoms with Crippen LogP contribution in [-0.4, -0.2) is 16.7 Å². The van der Waals surface area contributed by atoms with Gasteiger partial charge in [-0.2, -0.15) is 10.4 Å². The van der Waals surface area contributed by atoms with Crippen LogP contribution in [0.5, 0.6) is 0 Å². The molecule has 0 aliphatic carbocycles. The maximum atomic E-state index is 13.9. The summed E-state index contributed by atoms with van der Waals surface area (Å²) in [5, 5.41) is 17.8. The Kier molecular flexibility index (Phi) is 3.83. The zero-order valence-electron chi connectivity index (χ0n) is 12.3. The first kappa shape index (κ1) is 14.9. The van der Waals surface area contributed by atoms with Gasteiger partial charge in [-0.25, -0.2) is 4.39 Å². The highest BCUT2D eigenvalue weighted by atomic mass is 79.9. The van der Waals surface area contributed by atoms with Crippen LogP contribution in [0.1, 0.15) is 27.9 Å². The van der Waals surface area contributed by atoms with Gasteiger partial charge in [0.05, 0.1) is 5.69 Å². The molecule has 0 N–H and O–H groups in total. The molecule has 0 saturated heterocycles. The molecular formula is C16H14BrFN4. The first-order valence-electron chi connectivity index (χ1n) is 6.97. The Morgan fingerprint density at radius 1 is 1.27 bits per heavy atom. The van der Waals surface area contributed by atoms with E-state index in [9.17, 15) is 9.65 Å². The average Bonchev–Trinajstić information content (AvgIpc) is 2.53. The second kappa shape index (κ2) is 5.65. The standard InChI is InChI=1S/C16H14BrFN4/c1-9-10(2)20-21-16(12(9)7-19)22-6-5-11-13(8-22)14(17)3-4-15(11)18/h3-4H,5-6,8H2,1-2H3. The van der Waals surface area contributed by atoms with Crippen molar-refractivity contribution in [3.8, 4) is 6.07 Å². The number of fused-ring (bicyclic) bond motifs is 1. The second-order valence-corrected chi connectivity index (χ2v) is 6.23. The number of halogens is 2. The highest BCUT2D eigenvalue weighted by Crippen LogP contribution is 2.32. The zero-order valence-corrected chi connectivity index (χ0v) is 13.9. The highest BCUT2D eigenvalue weighted by molar-refractivity contribution is 9.10. The largest absolute Gasteiger partial charge is 0.349 e. The maximum absolute atomic E-state index is 13.9. The predicted molar refractivity (Wildman–Crippen MR) is 85.1 cm³/mol. The number of aryl methyl sites for hydroxylation is 1. The van der Waals surface area contributed by atoms with Crippen LogP contribution >= 0.6 is 15.9 Å². The van der Waals surface area contributed by atoms with E-state index in [4.69, 9.17) is 0 Å². The van der Waals surface area contributed by atoms with Crippen LogP contribution in [0.25, 0.3) is 0 Å². The molecule has 3 rings (SSSR count). The third-order valence-electron chi connectivity index (χ3n) is 4.14. The number of hydrogen-bond acceptors (Lipinski definition) is 4. The number of nitriles is 1. The highest BCUT2D eigenvalue weighted by Gasteiger charge is 2.25. The minimum atomic E-state index is -0.176. The van der Waals surface area contributed by atoms with E-state index in [-0.39, 0.29) is 5.82 Å². The molecule has 0 amide bonds. The molecule has 2 heterocycles. The quantitative estimate of drug-likeness (QED) is 0.781. The fraction of sp³-hybridized carbons (Fsp3) is 0.312. The van der Waals surface area contributed by atoms with E-state index in [1.54, 1.807) is 6.07 Å². The van der Waals surface area contributed by atoms with Gasteiger partial charge in [0.25, 0.3) is 0 Å². The lowest BCUT2D eigenvalue weighted by molar-refractivity contribution is 0.587. The van der Waals surface area contributed by atoms with Gasteiger partial charge in [0.2, 0.25) is 0 Å². The number of benzene rings is 1. The Labute approximate surface area is 136 Å². The summed E-state index contributed by atoms with van der Waals surface area (Å²) < 4.78 is 14.8. The van der Waals surface area contributed by atoms with Crippen molar-refractivity contribution in [1.82, 2.24) is 10.2 Å². The second-order valence-electron chi connectivity index (χ2n) is 5.38. The van der Waals surface area contributed by atoms with E-state index in [0.29, 0.717) is 30.9 Å².